The van der Waals surface area contributed by atoms with Gasteiger partial charge >= 0.3 is 6.16 Å². The summed E-state index contributed by atoms with van der Waals surface area (Å²) in [6.07, 6.45) is 14.9. The third-order valence-electron chi connectivity index (χ3n) is 4.90. The predicted octanol–water partition coefficient (Wildman–Crippen LogP) is 5.08. The highest BCUT2D eigenvalue weighted by Crippen LogP contribution is 2.29. The number of carbonyl (C=O) groups excluding carboxylic acids is 1. The maximum atomic E-state index is 11.4. The molecule has 0 radical (unpaired) electrons. The average molecular weight is 282 g/mol. The Hall–Kier alpha value is -0.730. The van der Waals surface area contributed by atoms with E-state index in [-0.39, 0.29) is 0 Å². The molecular weight excluding hydrogens is 252 g/mol. The summed E-state index contributed by atoms with van der Waals surface area (Å²) < 4.78 is 10.2. The molecule has 0 heterocycles. The van der Waals surface area contributed by atoms with Crippen LogP contribution in [-0.4, -0.2) is 19.4 Å². The molecule has 2 rings (SSSR count). The van der Waals surface area contributed by atoms with E-state index < -0.39 is 6.16 Å². The maximum Gasteiger partial charge on any atom is 0.508 e. The van der Waals surface area contributed by atoms with Crippen molar-refractivity contribution in [3.63, 3.8) is 0 Å². The summed E-state index contributed by atoms with van der Waals surface area (Å²) in [5, 5.41) is 0. The fraction of sp³-hybridized carbons (Fsp3) is 0.941. The van der Waals surface area contributed by atoms with E-state index in [4.69, 9.17) is 9.47 Å². The molecule has 0 aromatic carbocycles. The van der Waals surface area contributed by atoms with Gasteiger partial charge in [0.15, 0.2) is 0 Å². The van der Waals surface area contributed by atoms with E-state index >= 15 is 0 Å². The van der Waals surface area contributed by atoms with Gasteiger partial charge in [-0.25, -0.2) is 4.79 Å². The van der Waals surface area contributed by atoms with Crippen molar-refractivity contribution in [1.82, 2.24) is 0 Å². The quantitative estimate of drug-likeness (QED) is 0.460. The van der Waals surface area contributed by atoms with Crippen LogP contribution in [0.1, 0.15) is 77.0 Å². The van der Waals surface area contributed by atoms with Crippen molar-refractivity contribution in [3.05, 3.63) is 0 Å². The van der Waals surface area contributed by atoms with Gasteiger partial charge in [-0.15, -0.1) is 0 Å². The second-order valence-electron chi connectivity index (χ2n) is 6.53. The average Bonchev–Trinajstić information content (AvgIpc) is 3.13. The first-order valence-corrected chi connectivity index (χ1v) is 8.64. The fourth-order valence-electron chi connectivity index (χ4n) is 3.69. The van der Waals surface area contributed by atoms with Crippen molar-refractivity contribution < 1.29 is 14.3 Å². The fourth-order valence-corrected chi connectivity index (χ4v) is 3.69. The number of rotatable bonds is 8. The zero-order chi connectivity index (χ0) is 14.0. The molecule has 2 saturated carbocycles. The van der Waals surface area contributed by atoms with E-state index in [1.54, 1.807) is 0 Å². The molecule has 0 aliphatic heterocycles. The molecule has 0 amide bonds. The maximum absolute atomic E-state index is 11.4. The van der Waals surface area contributed by atoms with E-state index in [0.717, 1.165) is 24.7 Å². The van der Waals surface area contributed by atoms with E-state index in [1.807, 2.05) is 0 Å². The van der Waals surface area contributed by atoms with Gasteiger partial charge in [0.2, 0.25) is 0 Å². The molecule has 20 heavy (non-hydrogen) atoms. The van der Waals surface area contributed by atoms with Crippen LogP contribution in [0.3, 0.4) is 0 Å². The predicted molar refractivity (Wildman–Crippen MR) is 79.7 cm³/mol. The van der Waals surface area contributed by atoms with Crippen LogP contribution >= 0.6 is 0 Å². The summed E-state index contributed by atoms with van der Waals surface area (Å²) >= 11 is 0. The van der Waals surface area contributed by atoms with Crippen molar-refractivity contribution in [3.8, 4) is 0 Å². The van der Waals surface area contributed by atoms with Gasteiger partial charge < -0.3 is 9.47 Å². The molecule has 2 aliphatic carbocycles. The molecule has 0 atom stereocenters. The second kappa shape index (κ2) is 9.25. The lowest BCUT2D eigenvalue weighted by Gasteiger charge is -2.10. The highest BCUT2D eigenvalue weighted by molar-refractivity contribution is 5.59. The van der Waals surface area contributed by atoms with Crippen LogP contribution < -0.4 is 0 Å². The monoisotopic (exact) mass is 282 g/mol. The first kappa shape index (κ1) is 15.7. The smallest absolute Gasteiger partial charge is 0.434 e. The van der Waals surface area contributed by atoms with Gasteiger partial charge in [0.25, 0.3) is 0 Å². The Bertz CT molecular complexity index is 239. The van der Waals surface area contributed by atoms with Crippen molar-refractivity contribution in [1.29, 1.82) is 0 Å². The van der Waals surface area contributed by atoms with Crippen LogP contribution in [0.25, 0.3) is 0 Å². The number of ether oxygens (including phenoxy) is 2. The summed E-state index contributed by atoms with van der Waals surface area (Å²) in [7, 11) is 0. The van der Waals surface area contributed by atoms with Crippen LogP contribution in [0.15, 0.2) is 0 Å². The molecule has 2 fully saturated rings. The van der Waals surface area contributed by atoms with Crippen molar-refractivity contribution in [2.75, 3.05) is 13.2 Å². The van der Waals surface area contributed by atoms with Gasteiger partial charge in [0.1, 0.15) is 0 Å². The normalized spacial score (nSPS) is 20.4. The molecular formula is C17H30O3. The minimum Gasteiger partial charge on any atom is -0.434 e. The van der Waals surface area contributed by atoms with Crippen LogP contribution in [0, 0.1) is 11.8 Å². The van der Waals surface area contributed by atoms with E-state index in [1.165, 1.54) is 64.2 Å². The zero-order valence-corrected chi connectivity index (χ0v) is 12.8. The Labute approximate surface area is 123 Å². The Morgan fingerprint density at radius 3 is 1.55 bits per heavy atom. The van der Waals surface area contributed by atoms with Gasteiger partial charge in [-0.1, -0.05) is 51.4 Å². The summed E-state index contributed by atoms with van der Waals surface area (Å²) in [6, 6.07) is 0. The molecule has 3 heteroatoms. The van der Waals surface area contributed by atoms with Gasteiger partial charge in [0, 0.05) is 0 Å². The van der Waals surface area contributed by atoms with Crippen LogP contribution in [-0.2, 0) is 9.47 Å². The number of carbonyl (C=O) groups is 1. The van der Waals surface area contributed by atoms with Crippen LogP contribution in [0.2, 0.25) is 0 Å². The third kappa shape index (κ3) is 6.15. The Balaban J connectivity index is 1.38. The van der Waals surface area contributed by atoms with Crippen molar-refractivity contribution in [2.45, 2.75) is 77.0 Å². The third-order valence-corrected chi connectivity index (χ3v) is 4.90. The van der Waals surface area contributed by atoms with Gasteiger partial charge in [-0.2, -0.15) is 0 Å². The number of hydrogen-bond donors (Lipinski definition) is 0. The first-order valence-electron chi connectivity index (χ1n) is 8.64. The Morgan fingerprint density at radius 2 is 1.15 bits per heavy atom. The zero-order valence-electron chi connectivity index (χ0n) is 12.8. The Morgan fingerprint density at radius 1 is 0.750 bits per heavy atom. The molecule has 0 N–H and O–H groups in total. The van der Waals surface area contributed by atoms with E-state index in [2.05, 4.69) is 0 Å². The molecule has 0 spiro atoms. The largest absolute Gasteiger partial charge is 0.508 e. The minimum atomic E-state index is -0.470. The molecule has 3 nitrogen and oxygen atoms in total. The lowest BCUT2D eigenvalue weighted by Crippen LogP contribution is -2.10. The molecule has 0 aromatic rings. The molecule has 116 valence electrons. The van der Waals surface area contributed by atoms with Crippen molar-refractivity contribution >= 4 is 6.16 Å². The molecule has 0 aromatic heterocycles. The summed E-state index contributed by atoms with van der Waals surface area (Å²) in [5.41, 5.74) is 0. The van der Waals surface area contributed by atoms with Gasteiger partial charge in [-0.3, -0.25) is 0 Å². The van der Waals surface area contributed by atoms with Crippen LogP contribution in [0.5, 0.6) is 0 Å². The molecule has 2 aliphatic rings. The molecule has 0 bridgehead atoms. The van der Waals surface area contributed by atoms with Crippen molar-refractivity contribution in [2.24, 2.45) is 11.8 Å². The Kier molecular flexibility index (Phi) is 7.24. The summed E-state index contributed by atoms with van der Waals surface area (Å²) in [5.74, 6) is 1.75. The molecule has 0 saturated heterocycles. The molecule has 0 unspecified atom stereocenters. The minimum absolute atomic E-state index is 0.470. The SMILES string of the molecule is O=C(OCCCC1CCCC1)OCCCC1CCCC1. The summed E-state index contributed by atoms with van der Waals surface area (Å²) in [6.45, 7) is 1.05. The van der Waals surface area contributed by atoms with Gasteiger partial charge in [0.05, 0.1) is 13.2 Å². The number of hydrogen-bond acceptors (Lipinski definition) is 3. The summed E-state index contributed by atoms with van der Waals surface area (Å²) in [4.78, 5) is 11.4. The lowest BCUT2D eigenvalue weighted by molar-refractivity contribution is 0.0515. The van der Waals surface area contributed by atoms with Crippen LogP contribution in [0.4, 0.5) is 4.79 Å². The lowest BCUT2D eigenvalue weighted by atomic mass is 10.0. The van der Waals surface area contributed by atoms with E-state index in [9.17, 15) is 4.79 Å². The highest BCUT2D eigenvalue weighted by Gasteiger charge is 2.15. The topological polar surface area (TPSA) is 35.5 Å². The van der Waals surface area contributed by atoms with Gasteiger partial charge in [-0.05, 0) is 37.5 Å². The second-order valence-corrected chi connectivity index (χ2v) is 6.53. The van der Waals surface area contributed by atoms with E-state index in [0.29, 0.717) is 13.2 Å². The standard InChI is InChI=1S/C17H30O3/c18-17(19-13-5-11-15-7-1-2-8-15)20-14-6-12-16-9-3-4-10-16/h15-16H,1-14H2. The first-order chi connectivity index (χ1) is 9.84. The highest BCUT2D eigenvalue weighted by atomic mass is 16.7.